The van der Waals surface area contributed by atoms with E-state index in [1.807, 2.05) is 0 Å². The van der Waals surface area contributed by atoms with E-state index < -0.39 is 0 Å². The second-order valence-electron chi connectivity index (χ2n) is 2.98. The Bertz CT molecular complexity index is 399. The van der Waals surface area contributed by atoms with Crippen LogP contribution >= 0.6 is 33.9 Å². The van der Waals surface area contributed by atoms with Gasteiger partial charge in [0.25, 0.3) is 0 Å². The molecule has 78 valence electrons. The largest absolute Gasteiger partial charge is 0.354 e. The molecule has 0 atom stereocenters. The van der Waals surface area contributed by atoms with Gasteiger partial charge in [-0.25, -0.2) is 9.97 Å². The van der Waals surface area contributed by atoms with Crippen molar-refractivity contribution in [3.8, 4) is 0 Å². The molecule has 0 spiro atoms. The fourth-order valence-corrected chi connectivity index (χ4v) is 2.14. The molecular formula is C10H10IN3S. The molecule has 15 heavy (non-hydrogen) atoms. The molecule has 2 heterocycles. The normalized spacial score (nSPS) is 10.2. The Balaban J connectivity index is 1.81. The number of aromatic nitrogens is 2. The molecule has 2 rings (SSSR count). The molecule has 0 aliphatic heterocycles. The summed E-state index contributed by atoms with van der Waals surface area (Å²) in [6, 6.07) is 4.21. The third-order valence-corrected chi connectivity index (χ3v) is 3.35. The minimum atomic E-state index is 0.701. The molecule has 2 aromatic heterocycles. The van der Waals surface area contributed by atoms with Crippen LogP contribution in [0, 0.1) is 3.57 Å². The molecule has 0 aliphatic rings. The van der Waals surface area contributed by atoms with Crippen molar-refractivity contribution in [3.05, 3.63) is 38.4 Å². The van der Waals surface area contributed by atoms with Crippen LogP contribution in [0.1, 0.15) is 4.88 Å². The van der Waals surface area contributed by atoms with Crippen LogP contribution in [-0.2, 0) is 6.42 Å². The van der Waals surface area contributed by atoms with Crippen LogP contribution in [0.3, 0.4) is 0 Å². The van der Waals surface area contributed by atoms with Gasteiger partial charge in [0.2, 0.25) is 5.95 Å². The number of thiophene rings is 1. The van der Waals surface area contributed by atoms with Gasteiger partial charge < -0.3 is 5.32 Å². The predicted octanol–water partition coefficient (Wildman–Crippen LogP) is 2.80. The van der Waals surface area contributed by atoms with Gasteiger partial charge in [0.15, 0.2) is 0 Å². The van der Waals surface area contributed by atoms with Gasteiger partial charge in [0.1, 0.15) is 0 Å². The molecule has 0 saturated heterocycles. The van der Waals surface area contributed by atoms with Gasteiger partial charge in [0, 0.05) is 27.4 Å². The summed E-state index contributed by atoms with van der Waals surface area (Å²) in [6.07, 6.45) is 4.63. The Hall–Kier alpha value is -0.690. The minimum Gasteiger partial charge on any atom is -0.354 e. The molecule has 1 N–H and O–H groups in total. The highest BCUT2D eigenvalue weighted by Gasteiger charge is 1.96. The molecule has 0 saturated carbocycles. The van der Waals surface area contributed by atoms with Gasteiger partial charge in [-0.3, -0.25) is 0 Å². The molecular weight excluding hydrogens is 321 g/mol. The highest BCUT2D eigenvalue weighted by atomic mass is 127. The molecule has 0 aromatic carbocycles. The van der Waals surface area contributed by atoms with E-state index in [0.29, 0.717) is 5.95 Å². The van der Waals surface area contributed by atoms with Crippen molar-refractivity contribution in [2.24, 2.45) is 0 Å². The van der Waals surface area contributed by atoms with Crippen molar-refractivity contribution in [1.29, 1.82) is 0 Å². The van der Waals surface area contributed by atoms with Gasteiger partial charge in [-0.2, -0.15) is 0 Å². The van der Waals surface area contributed by atoms with Crippen LogP contribution in [0.15, 0.2) is 29.9 Å². The van der Waals surface area contributed by atoms with Gasteiger partial charge in [-0.15, -0.1) is 11.3 Å². The first-order chi connectivity index (χ1) is 7.34. The topological polar surface area (TPSA) is 37.8 Å². The highest BCUT2D eigenvalue weighted by Crippen LogP contribution is 2.09. The maximum atomic E-state index is 4.17. The van der Waals surface area contributed by atoms with E-state index >= 15 is 0 Å². The molecule has 0 bridgehead atoms. The standard InChI is InChI=1S/C10H10IN3S/c11-8-6-13-10(14-7-8)12-4-3-9-2-1-5-15-9/h1-2,5-7H,3-4H2,(H,12,13,14). The quantitative estimate of drug-likeness (QED) is 0.876. The van der Waals surface area contributed by atoms with Crippen LogP contribution in [0.2, 0.25) is 0 Å². The number of hydrogen-bond donors (Lipinski definition) is 1. The van der Waals surface area contributed by atoms with E-state index in [9.17, 15) is 0 Å². The first-order valence-corrected chi connectivity index (χ1v) is 6.54. The number of halogens is 1. The SMILES string of the molecule is Ic1cnc(NCCc2cccs2)nc1. The predicted molar refractivity (Wildman–Crippen MR) is 71.3 cm³/mol. The van der Waals surface area contributed by atoms with Crippen LogP contribution in [0.5, 0.6) is 0 Å². The second-order valence-corrected chi connectivity index (χ2v) is 5.26. The first-order valence-electron chi connectivity index (χ1n) is 4.58. The van der Waals surface area contributed by atoms with Crippen molar-refractivity contribution >= 4 is 39.9 Å². The number of rotatable bonds is 4. The van der Waals surface area contributed by atoms with Gasteiger partial charge >= 0.3 is 0 Å². The lowest BCUT2D eigenvalue weighted by Crippen LogP contribution is -2.06. The van der Waals surface area contributed by atoms with Crippen LogP contribution in [0.25, 0.3) is 0 Å². The first kappa shape index (κ1) is 10.8. The zero-order chi connectivity index (χ0) is 10.5. The van der Waals surface area contributed by atoms with E-state index in [2.05, 4.69) is 55.4 Å². The number of nitrogens with zero attached hydrogens (tertiary/aromatic N) is 2. The van der Waals surface area contributed by atoms with E-state index in [4.69, 9.17) is 0 Å². The smallest absolute Gasteiger partial charge is 0.222 e. The third-order valence-electron chi connectivity index (χ3n) is 1.85. The molecule has 0 radical (unpaired) electrons. The number of hydrogen-bond acceptors (Lipinski definition) is 4. The van der Waals surface area contributed by atoms with Crippen molar-refractivity contribution in [2.45, 2.75) is 6.42 Å². The molecule has 2 aromatic rings. The fourth-order valence-electron chi connectivity index (χ4n) is 1.16. The maximum Gasteiger partial charge on any atom is 0.222 e. The Morgan fingerprint density at radius 1 is 1.33 bits per heavy atom. The van der Waals surface area contributed by atoms with Crippen LogP contribution in [-0.4, -0.2) is 16.5 Å². The Morgan fingerprint density at radius 3 is 2.80 bits per heavy atom. The second kappa shape index (κ2) is 5.41. The molecule has 0 aliphatic carbocycles. The van der Waals surface area contributed by atoms with E-state index in [1.165, 1.54) is 4.88 Å². The molecule has 0 fully saturated rings. The Labute approximate surface area is 106 Å². The summed E-state index contributed by atoms with van der Waals surface area (Å²) in [6.45, 7) is 0.876. The fraction of sp³-hybridized carbons (Fsp3) is 0.200. The summed E-state index contributed by atoms with van der Waals surface area (Å²) >= 11 is 3.97. The third kappa shape index (κ3) is 3.42. The van der Waals surface area contributed by atoms with Crippen molar-refractivity contribution in [3.63, 3.8) is 0 Å². The van der Waals surface area contributed by atoms with Gasteiger partial charge in [0.05, 0.1) is 0 Å². The Kier molecular flexibility index (Phi) is 3.90. The van der Waals surface area contributed by atoms with E-state index in [0.717, 1.165) is 16.5 Å². The highest BCUT2D eigenvalue weighted by molar-refractivity contribution is 14.1. The lowest BCUT2D eigenvalue weighted by Gasteiger charge is -2.02. The van der Waals surface area contributed by atoms with E-state index in [-0.39, 0.29) is 0 Å². The summed E-state index contributed by atoms with van der Waals surface area (Å²) in [5.41, 5.74) is 0. The minimum absolute atomic E-state index is 0.701. The summed E-state index contributed by atoms with van der Waals surface area (Å²) in [7, 11) is 0. The molecule has 3 nitrogen and oxygen atoms in total. The van der Waals surface area contributed by atoms with E-state index in [1.54, 1.807) is 23.7 Å². The van der Waals surface area contributed by atoms with Crippen molar-refractivity contribution < 1.29 is 0 Å². The molecule has 5 heteroatoms. The summed E-state index contributed by atoms with van der Waals surface area (Å²) in [5, 5.41) is 5.29. The zero-order valence-corrected chi connectivity index (χ0v) is 11.0. The zero-order valence-electron chi connectivity index (χ0n) is 7.98. The summed E-state index contributed by atoms with van der Waals surface area (Å²) in [5.74, 6) is 0.701. The van der Waals surface area contributed by atoms with Gasteiger partial charge in [-0.05, 0) is 40.5 Å². The monoisotopic (exact) mass is 331 g/mol. The number of nitrogens with one attached hydrogen (secondary N) is 1. The lowest BCUT2D eigenvalue weighted by molar-refractivity contribution is 0.997. The maximum absolute atomic E-state index is 4.17. The Morgan fingerprint density at radius 2 is 2.13 bits per heavy atom. The molecule has 0 amide bonds. The average Bonchev–Trinajstić information content (AvgIpc) is 2.74. The van der Waals surface area contributed by atoms with Crippen LogP contribution in [0.4, 0.5) is 5.95 Å². The summed E-state index contributed by atoms with van der Waals surface area (Å²) in [4.78, 5) is 9.72. The van der Waals surface area contributed by atoms with Gasteiger partial charge in [-0.1, -0.05) is 6.07 Å². The lowest BCUT2D eigenvalue weighted by atomic mass is 10.3. The van der Waals surface area contributed by atoms with Crippen molar-refractivity contribution in [2.75, 3.05) is 11.9 Å². The summed E-state index contributed by atoms with van der Waals surface area (Å²) < 4.78 is 1.05. The number of anilines is 1. The molecule has 0 unspecified atom stereocenters. The van der Waals surface area contributed by atoms with Crippen molar-refractivity contribution in [1.82, 2.24) is 9.97 Å². The average molecular weight is 331 g/mol. The van der Waals surface area contributed by atoms with Crippen LogP contribution < -0.4 is 5.32 Å².